The monoisotopic (exact) mass is 261 g/mol. The molecule has 1 N–H and O–H groups in total. The van der Waals surface area contributed by atoms with Crippen molar-refractivity contribution >= 4 is 5.91 Å². The summed E-state index contributed by atoms with van der Waals surface area (Å²) in [5.74, 6) is -0.859. The highest BCUT2D eigenvalue weighted by atomic mass is 19.1. The quantitative estimate of drug-likeness (QED) is 0.838. The highest BCUT2D eigenvalue weighted by Gasteiger charge is 2.10. The van der Waals surface area contributed by atoms with Gasteiger partial charge in [-0.05, 0) is 37.1 Å². The van der Waals surface area contributed by atoms with E-state index < -0.39 is 5.82 Å². The molecule has 0 saturated carbocycles. The number of nitrogens with one attached hydrogen (secondary N) is 1. The molecule has 2 aromatic rings. The van der Waals surface area contributed by atoms with Gasteiger partial charge in [0.15, 0.2) is 0 Å². The molecule has 1 aromatic carbocycles. The van der Waals surface area contributed by atoms with Gasteiger partial charge < -0.3 is 5.32 Å². The minimum absolute atomic E-state index is 0.0877. The molecule has 2 rings (SSSR count). The molecule has 0 atom stereocenters. The van der Waals surface area contributed by atoms with Crippen LogP contribution in [0.25, 0.3) is 0 Å². The van der Waals surface area contributed by atoms with E-state index in [-0.39, 0.29) is 11.5 Å². The van der Waals surface area contributed by atoms with E-state index in [0.717, 1.165) is 18.5 Å². The summed E-state index contributed by atoms with van der Waals surface area (Å²) in [7, 11) is 0. The van der Waals surface area contributed by atoms with Crippen molar-refractivity contribution in [3.63, 3.8) is 0 Å². The molecule has 0 aliphatic carbocycles. The maximum Gasteiger partial charge on any atom is 0.254 e. The van der Waals surface area contributed by atoms with Gasteiger partial charge in [0.2, 0.25) is 0 Å². The standard InChI is InChI=1S/C14H16FN3O/c1-11-4-5-12(13(15)10-11)14(19)16-6-2-8-18-9-3-7-17-18/h3-5,7,9-10H,2,6,8H2,1H3,(H,16,19). The van der Waals surface area contributed by atoms with E-state index in [1.807, 2.05) is 12.3 Å². The van der Waals surface area contributed by atoms with Crippen molar-refractivity contribution in [1.82, 2.24) is 15.1 Å². The van der Waals surface area contributed by atoms with Crippen LogP contribution in [0.2, 0.25) is 0 Å². The Labute approximate surface area is 111 Å². The van der Waals surface area contributed by atoms with Gasteiger partial charge in [-0.25, -0.2) is 4.39 Å². The smallest absolute Gasteiger partial charge is 0.254 e. The van der Waals surface area contributed by atoms with Crippen LogP contribution in [0.1, 0.15) is 22.3 Å². The SMILES string of the molecule is Cc1ccc(C(=O)NCCCn2cccn2)c(F)c1. The number of hydrogen-bond donors (Lipinski definition) is 1. The molecule has 0 aliphatic rings. The largest absolute Gasteiger partial charge is 0.352 e. The zero-order chi connectivity index (χ0) is 13.7. The molecule has 5 heteroatoms. The minimum atomic E-state index is -0.482. The zero-order valence-corrected chi connectivity index (χ0v) is 10.8. The lowest BCUT2D eigenvalue weighted by Gasteiger charge is -2.07. The highest BCUT2D eigenvalue weighted by molar-refractivity contribution is 5.94. The van der Waals surface area contributed by atoms with Gasteiger partial charge in [-0.15, -0.1) is 0 Å². The lowest BCUT2D eigenvalue weighted by molar-refractivity contribution is 0.0948. The van der Waals surface area contributed by atoms with E-state index in [1.165, 1.54) is 12.1 Å². The van der Waals surface area contributed by atoms with Gasteiger partial charge in [-0.2, -0.15) is 5.10 Å². The Kier molecular flexibility index (Phi) is 4.28. The number of amides is 1. The Bertz CT molecular complexity index is 552. The predicted octanol–water partition coefficient (Wildman–Crippen LogP) is 2.15. The summed E-state index contributed by atoms with van der Waals surface area (Å²) in [5, 5.41) is 6.76. The Morgan fingerprint density at radius 1 is 1.47 bits per heavy atom. The van der Waals surface area contributed by atoms with E-state index in [4.69, 9.17) is 0 Å². The maximum absolute atomic E-state index is 13.6. The molecule has 0 bridgehead atoms. The molecule has 0 fully saturated rings. The summed E-state index contributed by atoms with van der Waals surface area (Å²) in [6, 6.07) is 6.44. The molecule has 1 heterocycles. The fourth-order valence-electron chi connectivity index (χ4n) is 1.78. The van der Waals surface area contributed by atoms with Crippen LogP contribution in [-0.4, -0.2) is 22.2 Å². The van der Waals surface area contributed by atoms with Gasteiger partial charge in [-0.1, -0.05) is 6.07 Å². The van der Waals surface area contributed by atoms with Crippen LogP contribution >= 0.6 is 0 Å². The first-order valence-electron chi connectivity index (χ1n) is 6.18. The van der Waals surface area contributed by atoms with Crippen molar-refractivity contribution in [3.8, 4) is 0 Å². The number of aryl methyl sites for hydroxylation is 2. The van der Waals surface area contributed by atoms with E-state index in [1.54, 1.807) is 23.9 Å². The predicted molar refractivity (Wildman–Crippen MR) is 70.3 cm³/mol. The Balaban J connectivity index is 1.81. The first-order chi connectivity index (χ1) is 9.16. The van der Waals surface area contributed by atoms with Crippen LogP contribution in [0.5, 0.6) is 0 Å². The highest BCUT2D eigenvalue weighted by Crippen LogP contribution is 2.09. The second-order valence-corrected chi connectivity index (χ2v) is 4.36. The molecule has 4 nitrogen and oxygen atoms in total. The molecule has 0 unspecified atom stereocenters. The average Bonchev–Trinajstić information content (AvgIpc) is 2.87. The molecule has 0 radical (unpaired) electrons. The molecule has 0 spiro atoms. The van der Waals surface area contributed by atoms with Crippen molar-refractivity contribution in [1.29, 1.82) is 0 Å². The maximum atomic E-state index is 13.6. The third-order valence-electron chi connectivity index (χ3n) is 2.78. The normalized spacial score (nSPS) is 10.4. The minimum Gasteiger partial charge on any atom is -0.352 e. The first kappa shape index (κ1) is 13.3. The summed E-state index contributed by atoms with van der Waals surface area (Å²) < 4.78 is 15.3. The third-order valence-corrected chi connectivity index (χ3v) is 2.78. The number of carbonyl (C=O) groups is 1. The van der Waals surface area contributed by atoms with Crippen LogP contribution in [-0.2, 0) is 6.54 Å². The van der Waals surface area contributed by atoms with E-state index in [0.29, 0.717) is 6.54 Å². The number of benzene rings is 1. The lowest BCUT2D eigenvalue weighted by atomic mass is 10.1. The molecule has 100 valence electrons. The second-order valence-electron chi connectivity index (χ2n) is 4.36. The number of nitrogens with zero attached hydrogens (tertiary/aromatic N) is 2. The van der Waals surface area contributed by atoms with Gasteiger partial charge in [0.25, 0.3) is 5.91 Å². The zero-order valence-electron chi connectivity index (χ0n) is 10.8. The third kappa shape index (κ3) is 3.64. The number of carbonyl (C=O) groups excluding carboxylic acids is 1. The summed E-state index contributed by atoms with van der Waals surface area (Å²) in [6.07, 6.45) is 4.32. The van der Waals surface area contributed by atoms with Crippen molar-refractivity contribution < 1.29 is 9.18 Å². The molecular weight excluding hydrogens is 245 g/mol. The van der Waals surface area contributed by atoms with Crippen LogP contribution in [0, 0.1) is 12.7 Å². The van der Waals surface area contributed by atoms with Crippen LogP contribution in [0.3, 0.4) is 0 Å². The number of aromatic nitrogens is 2. The van der Waals surface area contributed by atoms with Crippen LogP contribution in [0.15, 0.2) is 36.7 Å². The van der Waals surface area contributed by atoms with E-state index in [9.17, 15) is 9.18 Å². The Morgan fingerprint density at radius 2 is 2.32 bits per heavy atom. The number of hydrogen-bond acceptors (Lipinski definition) is 2. The number of halogens is 1. The fourth-order valence-corrected chi connectivity index (χ4v) is 1.78. The van der Waals surface area contributed by atoms with Crippen molar-refractivity contribution in [2.75, 3.05) is 6.54 Å². The van der Waals surface area contributed by atoms with Gasteiger partial charge >= 0.3 is 0 Å². The Hall–Kier alpha value is -2.17. The summed E-state index contributed by atoms with van der Waals surface area (Å²) in [4.78, 5) is 11.8. The summed E-state index contributed by atoms with van der Waals surface area (Å²) in [6.45, 7) is 3.00. The Morgan fingerprint density at radius 3 is 3.00 bits per heavy atom. The van der Waals surface area contributed by atoms with Crippen molar-refractivity contribution in [2.24, 2.45) is 0 Å². The second kappa shape index (κ2) is 6.13. The van der Waals surface area contributed by atoms with Gasteiger partial charge in [-0.3, -0.25) is 9.48 Å². The molecular formula is C14H16FN3O. The van der Waals surface area contributed by atoms with E-state index >= 15 is 0 Å². The van der Waals surface area contributed by atoms with Gasteiger partial charge in [0, 0.05) is 25.5 Å². The molecule has 1 aromatic heterocycles. The average molecular weight is 261 g/mol. The topological polar surface area (TPSA) is 46.9 Å². The van der Waals surface area contributed by atoms with Crippen molar-refractivity contribution in [3.05, 3.63) is 53.6 Å². The molecule has 0 aliphatic heterocycles. The first-order valence-corrected chi connectivity index (χ1v) is 6.18. The van der Waals surface area contributed by atoms with E-state index in [2.05, 4.69) is 10.4 Å². The van der Waals surface area contributed by atoms with Crippen LogP contribution < -0.4 is 5.32 Å². The molecule has 0 saturated heterocycles. The molecule has 19 heavy (non-hydrogen) atoms. The van der Waals surface area contributed by atoms with Crippen LogP contribution in [0.4, 0.5) is 4.39 Å². The fraction of sp³-hybridized carbons (Fsp3) is 0.286. The lowest BCUT2D eigenvalue weighted by Crippen LogP contribution is -2.26. The number of rotatable bonds is 5. The summed E-state index contributed by atoms with van der Waals surface area (Å²) in [5.41, 5.74) is 0.887. The van der Waals surface area contributed by atoms with Gasteiger partial charge in [0.05, 0.1) is 5.56 Å². The summed E-state index contributed by atoms with van der Waals surface area (Å²) >= 11 is 0. The molecule has 1 amide bonds. The van der Waals surface area contributed by atoms with Gasteiger partial charge in [0.1, 0.15) is 5.82 Å². The van der Waals surface area contributed by atoms with Crippen molar-refractivity contribution in [2.45, 2.75) is 19.9 Å².